The Hall–Kier alpha value is -4.71. The van der Waals surface area contributed by atoms with Crippen LogP contribution in [0.5, 0.6) is 0 Å². The van der Waals surface area contributed by atoms with Crippen molar-refractivity contribution < 1.29 is 28.6 Å². The summed E-state index contributed by atoms with van der Waals surface area (Å²) >= 11 is 0. The first-order valence-electron chi connectivity index (χ1n) is 30.3. The monoisotopic (exact) mass is 1030 g/mol. The Labute approximate surface area is 461 Å². The minimum Gasteiger partial charge on any atom is -0.462 e. The molecule has 0 aromatic heterocycles. The Balaban J connectivity index is 4.43. The molecule has 0 fully saturated rings. The largest absolute Gasteiger partial charge is 0.462 e. The Morgan fingerprint density at radius 1 is 0.267 bits per heavy atom. The van der Waals surface area contributed by atoms with Gasteiger partial charge in [0.2, 0.25) is 0 Å². The van der Waals surface area contributed by atoms with Crippen molar-refractivity contribution >= 4 is 17.9 Å². The van der Waals surface area contributed by atoms with Gasteiger partial charge < -0.3 is 14.2 Å². The molecule has 0 N–H and O–H groups in total. The molecule has 0 saturated carbocycles. The molecule has 1 unspecified atom stereocenters. The van der Waals surface area contributed by atoms with Gasteiger partial charge in [-0.05, 0) is 135 Å². The van der Waals surface area contributed by atoms with Crippen LogP contribution in [0.3, 0.4) is 0 Å². The van der Waals surface area contributed by atoms with Gasteiger partial charge in [0.15, 0.2) is 6.10 Å². The fraction of sp³-hybridized carbons (Fsp3) is 0.609. The first-order valence-corrected chi connectivity index (χ1v) is 30.3. The van der Waals surface area contributed by atoms with Crippen LogP contribution in [-0.2, 0) is 28.6 Å². The van der Waals surface area contributed by atoms with Gasteiger partial charge in [0.25, 0.3) is 0 Å². The van der Waals surface area contributed by atoms with Crippen molar-refractivity contribution in [2.75, 3.05) is 13.2 Å². The van der Waals surface area contributed by atoms with E-state index in [4.69, 9.17) is 14.2 Å². The molecule has 6 heteroatoms. The minimum atomic E-state index is -0.810. The fourth-order valence-electron chi connectivity index (χ4n) is 7.89. The summed E-state index contributed by atoms with van der Waals surface area (Å²) in [6, 6.07) is 0. The molecule has 0 rings (SSSR count). The summed E-state index contributed by atoms with van der Waals surface area (Å²) in [4.78, 5) is 38.2. The summed E-state index contributed by atoms with van der Waals surface area (Å²) < 4.78 is 16.9. The summed E-state index contributed by atoms with van der Waals surface area (Å²) in [5.74, 6) is -0.960. The lowest BCUT2D eigenvalue weighted by Crippen LogP contribution is -2.30. The second-order valence-electron chi connectivity index (χ2n) is 19.5. The van der Waals surface area contributed by atoms with Crippen molar-refractivity contribution in [1.82, 2.24) is 0 Å². The van der Waals surface area contributed by atoms with Gasteiger partial charge in [-0.25, -0.2) is 0 Å². The van der Waals surface area contributed by atoms with E-state index in [1.165, 1.54) is 51.4 Å². The molecule has 0 aliphatic heterocycles. The average molecular weight is 1040 g/mol. The van der Waals surface area contributed by atoms with Crippen molar-refractivity contribution in [3.63, 3.8) is 0 Å². The van der Waals surface area contributed by atoms with Crippen LogP contribution in [0.4, 0.5) is 0 Å². The fourth-order valence-corrected chi connectivity index (χ4v) is 7.89. The van der Waals surface area contributed by atoms with Gasteiger partial charge in [-0.3, -0.25) is 14.4 Å². The topological polar surface area (TPSA) is 78.9 Å². The van der Waals surface area contributed by atoms with Crippen molar-refractivity contribution in [2.45, 2.75) is 258 Å². The van der Waals surface area contributed by atoms with Crippen LogP contribution in [0.15, 0.2) is 146 Å². The van der Waals surface area contributed by atoms with Gasteiger partial charge >= 0.3 is 17.9 Å². The Kier molecular flexibility index (Phi) is 58.0. The van der Waals surface area contributed by atoms with E-state index in [1.807, 2.05) is 0 Å². The maximum atomic E-state index is 12.9. The molecule has 422 valence electrons. The Morgan fingerprint density at radius 3 is 0.760 bits per heavy atom. The van der Waals surface area contributed by atoms with E-state index < -0.39 is 6.10 Å². The zero-order valence-electron chi connectivity index (χ0n) is 48.3. The van der Waals surface area contributed by atoms with E-state index in [2.05, 4.69) is 167 Å². The quantitative estimate of drug-likeness (QED) is 0.0261. The number of esters is 3. The van der Waals surface area contributed by atoms with E-state index in [9.17, 15) is 14.4 Å². The molecule has 0 aromatic carbocycles. The lowest BCUT2D eigenvalue weighted by Gasteiger charge is -2.18. The molecule has 0 amide bonds. The summed E-state index contributed by atoms with van der Waals surface area (Å²) in [6.45, 7) is 6.25. The van der Waals surface area contributed by atoms with Crippen LogP contribution in [0.2, 0.25) is 0 Å². The standard InChI is InChI=1S/C69H110O6/c1-4-7-10-13-16-19-22-25-27-29-31-33-34-36-37-39-41-44-47-50-53-56-59-62-68(71)74-65-66(64-73-67(70)61-58-55-52-49-46-43-24-21-18-15-12-9-6-3)75-69(72)63-60-57-54-51-48-45-42-40-38-35-32-30-28-26-23-20-17-14-11-8-5-2/h7-12,16-21,25-28,31-33,35,40,42-43,46,66H,4-6,13-15,22-24,29-30,34,36-39,41,44-45,47-65H2,1-3H3/b10-7-,11-8-,12-9-,19-16-,20-17-,21-18-,27-25-,28-26-,33-31-,35-32-,42-40-,46-43-. The third kappa shape index (κ3) is 60.0. The molecule has 0 radical (unpaired) electrons. The smallest absolute Gasteiger partial charge is 0.306 e. The number of carbonyl (C=O) groups is 3. The predicted octanol–water partition coefficient (Wildman–Crippen LogP) is 20.8. The third-order valence-corrected chi connectivity index (χ3v) is 12.3. The molecule has 0 saturated heterocycles. The average Bonchev–Trinajstić information content (AvgIpc) is 3.41. The Morgan fingerprint density at radius 2 is 0.480 bits per heavy atom. The van der Waals surface area contributed by atoms with Gasteiger partial charge in [-0.1, -0.05) is 244 Å². The van der Waals surface area contributed by atoms with E-state index in [1.54, 1.807) is 0 Å². The van der Waals surface area contributed by atoms with Gasteiger partial charge in [0, 0.05) is 19.3 Å². The van der Waals surface area contributed by atoms with Crippen LogP contribution in [-0.4, -0.2) is 37.2 Å². The molecule has 0 heterocycles. The molecule has 0 aliphatic carbocycles. The zero-order chi connectivity index (χ0) is 54.3. The van der Waals surface area contributed by atoms with Gasteiger partial charge in [-0.2, -0.15) is 0 Å². The van der Waals surface area contributed by atoms with Crippen molar-refractivity contribution in [2.24, 2.45) is 0 Å². The lowest BCUT2D eigenvalue weighted by atomic mass is 10.1. The first-order chi connectivity index (χ1) is 37.0. The number of hydrogen-bond donors (Lipinski definition) is 0. The normalized spacial score (nSPS) is 13.2. The highest BCUT2D eigenvalue weighted by Crippen LogP contribution is 2.14. The summed E-state index contributed by atoms with van der Waals surface area (Å²) in [7, 11) is 0. The van der Waals surface area contributed by atoms with Crippen LogP contribution in [0, 0.1) is 0 Å². The molecule has 75 heavy (non-hydrogen) atoms. The molecule has 0 aliphatic rings. The van der Waals surface area contributed by atoms with Crippen LogP contribution in [0.25, 0.3) is 0 Å². The van der Waals surface area contributed by atoms with E-state index in [0.717, 1.165) is 161 Å². The van der Waals surface area contributed by atoms with E-state index >= 15 is 0 Å². The molecular weight excluding hydrogens is 925 g/mol. The van der Waals surface area contributed by atoms with E-state index in [0.29, 0.717) is 19.3 Å². The highest BCUT2D eigenvalue weighted by Gasteiger charge is 2.19. The molecule has 0 spiro atoms. The summed E-state index contributed by atoms with van der Waals surface area (Å²) in [5.41, 5.74) is 0. The molecule has 6 nitrogen and oxygen atoms in total. The van der Waals surface area contributed by atoms with Crippen molar-refractivity contribution in [1.29, 1.82) is 0 Å². The maximum absolute atomic E-state index is 12.9. The van der Waals surface area contributed by atoms with E-state index in [-0.39, 0.29) is 31.1 Å². The third-order valence-electron chi connectivity index (χ3n) is 12.3. The van der Waals surface area contributed by atoms with Gasteiger partial charge in [0.05, 0.1) is 0 Å². The number of allylic oxidation sites excluding steroid dienone is 24. The summed E-state index contributed by atoms with van der Waals surface area (Å²) in [5, 5.41) is 0. The molecular formula is C69H110O6. The minimum absolute atomic E-state index is 0.103. The summed E-state index contributed by atoms with van der Waals surface area (Å²) in [6.07, 6.45) is 88.4. The Bertz CT molecular complexity index is 1660. The van der Waals surface area contributed by atoms with Crippen molar-refractivity contribution in [3.05, 3.63) is 146 Å². The number of hydrogen-bond acceptors (Lipinski definition) is 6. The number of rotatable bonds is 53. The number of unbranched alkanes of at least 4 members (excludes halogenated alkanes) is 18. The molecule has 1 atom stereocenters. The van der Waals surface area contributed by atoms with Crippen LogP contribution in [0.1, 0.15) is 252 Å². The van der Waals surface area contributed by atoms with Gasteiger partial charge in [-0.15, -0.1) is 0 Å². The van der Waals surface area contributed by atoms with Gasteiger partial charge in [0.1, 0.15) is 13.2 Å². The lowest BCUT2D eigenvalue weighted by molar-refractivity contribution is -0.167. The highest BCUT2D eigenvalue weighted by atomic mass is 16.6. The molecule has 0 bridgehead atoms. The first kappa shape index (κ1) is 70.3. The molecule has 0 aromatic rings. The van der Waals surface area contributed by atoms with Crippen molar-refractivity contribution in [3.8, 4) is 0 Å². The SMILES string of the molecule is CC/C=C\C/C=C\C/C=C\C/C=C\C/C=C\CCCCCCCC(=O)OC(COC(=O)CCCCC/C=C\C/C=C\C/C=C\CC)COC(=O)CCCCCCCCCCCC/C=C\C/C=C\C/C=C\C/C=C\CC. The maximum Gasteiger partial charge on any atom is 0.306 e. The highest BCUT2D eigenvalue weighted by molar-refractivity contribution is 5.71. The van der Waals surface area contributed by atoms with Crippen LogP contribution >= 0.6 is 0 Å². The second kappa shape index (κ2) is 61.8. The second-order valence-corrected chi connectivity index (χ2v) is 19.5. The van der Waals surface area contributed by atoms with Crippen LogP contribution < -0.4 is 0 Å². The number of carbonyl (C=O) groups excluding carboxylic acids is 3. The predicted molar refractivity (Wildman–Crippen MR) is 325 cm³/mol. The zero-order valence-corrected chi connectivity index (χ0v) is 48.3. The number of ether oxygens (including phenoxy) is 3.